The van der Waals surface area contributed by atoms with E-state index >= 15 is 0 Å². The van der Waals surface area contributed by atoms with Gasteiger partial charge in [-0.1, -0.05) is 18.2 Å². The minimum absolute atomic E-state index is 0.714. The lowest BCUT2D eigenvalue weighted by Crippen LogP contribution is -2.20. The molecule has 1 fully saturated rings. The fourth-order valence-corrected chi connectivity index (χ4v) is 4.49. The average molecular weight is 401 g/mol. The second-order valence-corrected chi connectivity index (χ2v) is 7.95. The van der Waals surface area contributed by atoms with Crippen LogP contribution in [0.5, 0.6) is 5.75 Å². The van der Waals surface area contributed by atoms with Crippen LogP contribution in [0.1, 0.15) is 0 Å². The number of pyridine rings is 1. The molecule has 0 amide bonds. The molecule has 3 heterocycles. The molecule has 0 unspecified atom stereocenters. The quantitative estimate of drug-likeness (QED) is 0.487. The largest absolute Gasteiger partial charge is 0.497 e. The first kappa shape index (κ1) is 17.9. The van der Waals surface area contributed by atoms with Crippen LogP contribution in [0.4, 0.5) is 5.82 Å². The van der Waals surface area contributed by atoms with Crippen LogP contribution in [0.15, 0.2) is 67.0 Å². The molecule has 0 N–H and O–H groups in total. The third-order valence-electron chi connectivity index (χ3n) is 5.05. The Hall–Kier alpha value is -3.12. The molecule has 0 spiro atoms. The molecule has 5 rings (SSSR count). The molecule has 0 saturated carbocycles. The molecule has 29 heavy (non-hydrogen) atoms. The number of methoxy groups -OCH3 is 1. The van der Waals surface area contributed by atoms with Crippen molar-refractivity contribution in [1.82, 2.24) is 15.0 Å². The van der Waals surface area contributed by atoms with Gasteiger partial charge in [0.15, 0.2) is 5.82 Å². The number of ether oxygens (including phenoxy) is 1. The number of nitrogens with zero attached hydrogens (tertiary/aromatic N) is 4. The van der Waals surface area contributed by atoms with Gasteiger partial charge in [0.25, 0.3) is 0 Å². The van der Waals surface area contributed by atoms with Crippen LogP contribution >= 0.6 is 11.8 Å². The fraction of sp³-hybridized carbons (Fsp3) is 0.174. The van der Waals surface area contributed by atoms with Gasteiger partial charge in [0.05, 0.1) is 18.5 Å². The summed E-state index contributed by atoms with van der Waals surface area (Å²) in [6, 6.07) is 18.4. The Balaban J connectivity index is 1.68. The van der Waals surface area contributed by atoms with E-state index in [0.29, 0.717) is 5.82 Å². The van der Waals surface area contributed by atoms with Gasteiger partial charge in [-0.15, -0.1) is 11.8 Å². The molecule has 1 saturated heterocycles. The summed E-state index contributed by atoms with van der Waals surface area (Å²) in [7, 11) is 1.69. The van der Waals surface area contributed by atoms with E-state index < -0.39 is 0 Å². The fourth-order valence-electron chi connectivity index (χ4n) is 3.54. The molecule has 0 atom stereocenters. The van der Waals surface area contributed by atoms with Crippen molar-refractivity contribution in [3.05, 3.63) is 67.0 Å². The molecular formula is C23H20N4OS. The Morgan fingerprint density at radius 3 is 2.66 bits per heavy atom. The van der Waals surface area contributed by atoms with E-state index in [0.717, 1.165) is 57.3 Å². The van der Waals surface area contributed by atoms with Gasteiger partial charge in [0.1, 0.15) is 11.6 Å². The van der Waals surface area contributed by atoms with E-state index in [-0.39, 0.29) is 0 Å². The first-order valence-electron chi connectivity index (χ1n) is 9.51. The van der Waals surface area contributed by atoms with Crippen molar-refractivity contribution in [2.24, 2.45) is 0 Å². The van der Waals surface area contributed by atoms with E-state index in [1.807, 2.05) is 42.2 Å². The van der Waals surface area contributed by atoms with Gasteiger partial charge in [-0.05, 0) is 47.5 Å². The molecule has 1 aliphatic heterocycles. The van der Waals surface area contributed by atoms with E-state index in [1.54, 1.807) is 13.3 Å². The van der Waals surface area contributed by atoms with Crippen molar-refractivity contribution in [3.63, 3.8) is 0 Å². The summed E-state index contributed by atoms with van der Waals surface area (Å²) in [6.07, 6.45) is 3.58. The molecule has 0 aliphatic carbocycles. The number of hydrogen-bond acceptors (Lipinski definition) is 6. The normalized spacial score (nSPS) is 13.8. The summed E-state index contributed by atoms with van der Waals surface area (Å²) in [6.45, 7) is 0.993. The maximum absolute atomic E-state index is 5.39. The smallest absolute Gasteiger partial charge is 0.163 e. The van der Waals surface area contributed by atoms with Gasteiger partial charge in [-0.25, -0.2) is 9.97 Å². The minimum atomic E-state index is 0.714. The van der Waals surface area contributed by atoms with Crippen LogP contribution in [0.3, 0.4) is 0 Å². The van der Waals surface area contributed by atoms with Crippen molar-refractivity contribution in [1.29, 1.82) is 0 Å². The van der Waals surface area contributed by atoms with Crippen LogP contribution in [0.2, 0.25) is 0 Å². The summed E-state index contributed by atoms with van der Waals surface area (Å²) >= 11 is 1.93. The van der Waals surface area contributed by atoms with Crippen molar-refractivity contribution < 1.29 is 4.74 Å². The third kappa shape index (κ3) is 3.51. The van der Waals surface area contributed by atoms with Crippen LogP contribution in [0, 0.1) is 0 Å². The van der Waals surface area contributed by atoms with Gasteiger partial charge in [0, 0.05) is 35.6 Å². The van der Waals surface area contributed by atoms with Crippen LogP contribution in [-0.2, 0) is 0 Å². The number of benzene rings is 2. The second-order valence-electron chi connectivity index (χ2n) is 6.88. The van der Waals surface area contributed by atoms with Crippen molar-refractivity contribution in [3.8, 4) is 28.3 Å². The lowest BCUT2D eigenvalue weighted by molar-refractivity contribution is 0.415. The molecule has 4 aromatic rings. The first-order valence-corrected chi connectivity index (χ1v) is 10.7. The number of hydrogen-bond donors (Lipinski definition) is 0. The highest BCUT2D eigenvalue weighted by Gasteiger charge is 2.19. The molecule has 6 heteroatoms. The van der Waals surface area contributed by atoms with E-state index in [4.69, 9.17) is 14.7 Å². The standard InChI is InChI=1S/C23H20N4OS/c1-28-19-6-2-4-16(12-19)17-7-8-21-20(13-17)23(27-10-11-29-15-27)26-22(25-21)18-5-3-9-24-14-18/h2-9,12-14H,10-11,15H2,1H3. The Bertz CT molecular complexity index is 1160. The van der Waals surface area contributed by atoms with Gasteiger partial charge >= 0.3 is 0 Å². The molecule has 0 radical (unpaired) electrons. The highest BCUT2D eigenvalue weighted by atomic mass is 32.2. The summed E-state index contributed by atoms with van der Waals surface area (Å²) in [5, 5.41) is 1.07. The molecule has 0 bridgehead atoms. The minimum Gasteiger partial charge on any atom is -0.497 e. The van der Waals surface area contributed by atoms with E-state index in [9.17, 15) is 0 Å². The van der Waals surface area contributed by atoms with Crippen LogP contribution in [0.25, 0.3) is 33.4 Å². The molecule has 1 aliphatic rings. The van der Waals surface area contributed by atoms with E-state index in [1.165, 1.54) is 0 Å². The number of thioether (sulfide) groups is 1. The molecular weight excluding hydrogens is 380 g/mol. The Labute approximate surface area is 173 Å². The van der Waals surface area contributed by atoms with Crippen LogP contribution < -0.4 is 9.64 Å². The third-order valence-corrected chi connectivity index (χ3v) is 6.02. The zero-order valence-electron chi connectivity index (χ0n) is 16.1. The number of fused-ring (bicyclic) bond motifs is 1. The maximum atomic E-state index is 5.39. The van der Waals surface area contributed by atoms with Gasteiger partial charge in [-0.2, -0.15) is 0 Å². The predicted octanol–water partition coefficient (Wildman–Crippen LogP) is 4.88. The number of anilines is 1. The summed E-state index contributed by atoms with van der Waals surface area (Å²) in [4.78, 5) is 16.4. The average Bonchev–Trinajstić information content (AvgIpc) is 3.33. The van der Waals surface area contributed by atoms with E-state index in [2.05, 4.69) is 40.2 Å². The summed E-state index contributed by atoms with van der Waals surface area (Å²) in [5.74, 6) is 4.61. The molecule has 2 aromatic heterocycles. The van der Waals surface area contributed by atoms with Crippen molar-refractivity contribution in [2.75, 3.05) is 30.2 Å². The van der Waals surface area contributed by atoms with Gasteiger partial charge in [0.2, 0.25) is 0 Å². The van der Waals surface area contributed by atoms with Crippen molar-refractivity contribution in [2.45, 2.75) is 0 Å². The monoisotopic (exact) mass is 400 g/mol. The lowest BCUT2D eigenvalue weighted by atomic mass is 10.0. The Morgan fingerprint density at radius 1 is 0.966 bits per heavy atom. The highest BCUT2D eigenvalue weighted by molar-refractivity contribution is 7.99. The molecule has 2 aromatic carbocycles. The topological polar surface area (TPSA) is 51.1 Å². The summed E-state index contributed by atoms with van der Waals surface area (Å²) in [5.41, 5.74) is 4.11. The summed E-state index contributed by atoms with van der Waals surface area (Å²) < 4.78 is 5.39. The highest BCUT2D eigenvalue weighted by Crippen LogP contribution is 2.34. The number of rotatable bonds is 4. The second kappa shape index (κ2) is 7.72. The zero-order chi connectivity index (χ0) is 19.6. The van der Waals surface area contributed by atoms with Crippen molar-refractivity contribution >= 4 is 28.5 Å². The zero-order valence-corrected chi connectivity index (χ0v) is 16.9. The first-order chi connectivity index (χ1) is 14.3. The SMILES string of the molecule is COc1cccc(-c2ccc3nc(-c4cccnc4)nc(N4CCSC4)c3c2)c1. The molecule has 144 valence electrons. The number of aromatic nitrogens is 3. The van der Waals surface area contributed by atoms with Gasteiger partial charge < -0.3 is 9.64 Å². The maximum Gasteiger partial charge on any atom is 0.163 e. The predicted molar refractivity (Wildman–Crippen MR) is 119 cm³/mol. The Morgan fingerprint density at radius 2 is 1.86 bits per heavy atom. The lowest BCUT2D eigenvalue weighted by Gasteiger charge is -2.19. The van der Waals surface area contributed by atoms with Crippen LogP contribution in [-0.4, -0.2) is 40.2 Å². The van der Waals surface area contributed by atoms with Gasteiger partial charge in [-0.3, -0.25) is 4.98 Å². The molecule has 5 nitrogen and oxygen atoms in total. The Kier molecular flexibility index (Phi) is 4.77.